The predicted molar refractivity (Wildman–Crippen MR) is 98.8 cm³/mol. The Balaban J connectivity index is 2.20. The average Bonchev–Trinajstić information content (AvgIpc) is 2.60. The van der Waals surface area contributed by atoms with Crippen molar-refractivity contribution >= 4 is 5.97 Å². The number of ether oxygens (including phenoxy) is 1. The summed E-state index contributed by atoms with van der Waals surface area (Å²) in [6.45, 7) is 4.57. The lowest BCUT2D eigenvalue weighted by Gasteiger charge is -2.11. The van der Waals surface area contributed by atoms with Crippen LogP contribution >= 0.6 is 0 Å². The van der Waals surface area contributed by atoms with Crippen molar-refractivity contribution in [3.05, 3.63) is 30.6 Å². The highest BCUT2D eigenvalue weighted by Gasteiger charge is 2.27. The molecule has 0 radical (unpaired) electrons. The van der Waals surface area contributed by atoms with Crippen molar-refractivity contribution in [3.8, 4) is 0 Å². The van der Waals surface area contributed by atoms with Crippen LogP contribution in [0, 0.1) is 0 Å². The molecule has 0 aliphatic carbocycles. The highest BCUT2D eigenvalue weighted by Crippen LogP contribution is 2.15. The van der Waals surface area contributed by atoms with Gasteiger partial charge in [0.05, 0.1) is 6.61 Å². The molecule has 0 bridgehead atoms. The van der Waals surface area contributed by atoms with Crippen molar-refractivity contribution in [1.29, 1.82) is 0 Å². The molecule has 1 aromatic heterocycles. The molecule has 3 heteroatoms. The molecule has 24 heavy (non-hydrogen) atoms. The third-order valence-corrected chi connectivity index (χ3v) is 4.49. The van der Waals surface area contributed by atoms with Crippen LogP contribution in [-0.2, 0) is 9.53 Å². The lowest BCUT2D eigenvalue weighted by atomic mass is 10.0. The number of aromatic nitrogens is 1. The van der Waals surface area contributed by atoms with Gasteiger partial charge in [-0.15, -0.1) is 0 Å². The molecule has 0 aromatic carbocycles. The number of hydrogen-bond acceptors (Lipinski definition) is 2. The highest BCUT2D eigenvalue weighted by molar-refractivity contribution is 5.72. The van der Waals surface area contributed by atoms with Gasteiger partial charge < -0.3 is 4.74 Å². The lowest BCUT2D eigenvalue weighted by Crippen LogP contribution is -2.44. The van der Waals surface area contributed by atoms with Crippen molar-refractivity contribution in [2.75, 3.05) is 6.61 Å². The summed E-state index contributed by atoms with van der Waals surface area (Å²) in [5.41, 5.74) is 0. The average molecular weight is 335 g/mol. The molecule has 0 amide bonds. The van der Waals surface area contributed by atoms with E-state index in [1.54, 1.807) is 0 Å². The zero-order chi connectivity index (χ0) is 17.5. The van der Waals surface area contributed by atoms with E-state index in [-0.39, 0.29) is 12.0 Å². The van der Waals surface area contributed by atoms with Gasteiger partial charge in [0.15, 0.2) is 12.4 Å². The fourth-order valence-electron chi connectivity index (χ4n) is 3.07. The molecule has 1 rings (SSSR count). The first-order chi connectivity index (χ1) is 11.8. The first-order valence-corrected chi connectivity index (χ1v) is 9.92. The van der Waals surface area contributed by atoms with E-state index in [0.29, 0.717) is 6.61 Å². The van der Waals surface area contributed by atoms with Crippen LogP contribution in [0.3, 0.4) is 0 Å². The van der Waals surface area contributed by atoms with E-state index in [1.807, 2.05) is 42.1 Å². The van der Waals surface area contributed by atoms with E-state index in [2.05, 4.69) is 6.92 Å². The summed E-state index contributed by atoms with van der Waals surface area (Å²) in [4.78, 5) is 12.2. The van der Waals surface area contributed by atoms with Crippen molar-refractivity contribution in [3.63, 3.8) is 0 Å². The summed E-state index contributed by atoms with van der Waals surface area (Å²) >= 11 is 0. The van der Waals surface area contributed by atoms with Crippen LogP contribution in [0.5, 0.6) is 0 Å². The van der Waals surface area contributed by atoms with Gasteiger partial charge in [0.2, 0.25) is 0 Å². The second-order valence-electron chi connectivity index (χ2n) is 6.56. The smallest absolute Gasteiger partial charge is 0.375 e. The molecule has 0 saturated carbocycles. The largest absolute Gasteiger partial charge is 0.461 e. The molecule has 0 fully saturated rings. The maximum absolute atomic E-state index is 12.2. The Labute approximate surface area is 148 Å². The minimum absolute atomic E-state index is 0.107. The van der Waals surface area contributed by atoms with Crippen molar-refractivity contribution in [1.82, 2.24) is 0 Å². The van der Waals surface area contributed by atoms with E-state index in [9.17, 15) is 4.79 Å². The van der Waals surface area contributed by atoms with E-state index < -0.39 is 0 Å². The van der Waals surface area contributed by atoms with Gasteiger partial charge in [-0.2, -0.15) is 4.57 Å². The normalized spacial score (nSPS) is 12.1. The standard InChI is InChI=1S/C21H36NO2/c1-3-5-6-7-8-9-10-11-12-14-17-20(21(23)24-4-2)22-18-15-13-16-19-22/h13,15-16,18-20H,3-12,14,17H2,1-2H3/q+1/t20-/m0/s1. The molecule has 0 aliphatic rings. The second-order valence-corrected chi connectivity index (χ2v) is 6.56. The van der Waals surface area contributed by atoms with Gasteiger partial charge in [-0.05, 0) is 13.3 Å². The molecule has 1 atom stereocenters. The van der Waals surface area contributed by atoms with Gasteiger partial charge in [-0.3, -0.25) is 0 Å². The third kappa shape index (κ3) is 9.05. The summed E-state index contributed by atoms with van der Waals surface area (Å²) < 4.78 is 7.22. The summed E-state index contributed by atoms with van der Waals surface area (Å²) in [5.74, 6) is -0.107. The van der Waals surface area contributed by atoms with Crippen LogP contribution in [0.2, 0.25) is 0 Å². The minimum atomic E-state index is -0.180. The Morgan fingerprint density at radius 3 is 1.92 bits per heavy atom. The topological polar surface area (TPSA) is 30.2 Å². The van der Waals surface area contributed by atoms with Gasteiger partial charge in [0.1, 0.15) is 0 Å². The summed E-state index contributed by atoms with van der Waals surface area (Å²) in [7, 11) is 0. The Hall–Kier alpha value is -1.38. The number of carbonyl (C=O) groups excluding carboxylic acids is 1. The van der Waals surface area contributed by atoms with Crippen LogP contribution in [-0.4, -0.2) is 12.6 Å². The molecule has 0 saturated heterocycles. The zero-order valence-corrected chi connectivity index (χ0v) is 15.7. The van der Waals surface area contributed by atoms with Gasteiger partial charge >= 0.3 is 5.97 Å². The molecule has 0 unspecified atom stereocenters. The molecule has 0 N–H and O–H groups in total. The SMILES string of the molecule is CCCCCCCCCCCC[C@@H](C(=O)OCC)[n+]1ccccc1. The first-order valence-electron chi connectivity index (χ1n) is 9.92. The summed E-state index contributed by atoms with van der Waals surface area (Å²) in [6, 6.07) is 5.72. The van der Waals surface area contributed by atoms with Gasteiger partial charge in [-0.25, -0.2) is 4.79 Å². The highest BCUT2D eigenvalue weighted by atomic mass is 16.5. The van der Waals surface area contributed by atoms with Crippen LogP contribution < -0.4 is 4.57 Å². The van der Waals surface area contributed by atoms with Crippen molar-refractivity contribution in [2.24, 2.45) is 0 Å². The summed E-state index contributed by atoms with van der Waals surface area (Å²) in [6.07, 6.45) is 17.9. The monoisotopic (exact) mass is 334 g/mol. The predicted octanol–water partition coefficient (Wildman–Crippen LogP) is 5.39. The Kier molecular flexibility index (Phi) is 12.1. The Morgan fingerprint density at radius 2 is 1.38 bits per heavy atom. The molecule has 0 spiro atoms. The number of unbranched alkanes of at least 4 members (excludes halogenated alkanes) is 9. The second kappa shape index (κ2) is 14.0. The maximum Gasteiger partial charge on any atom is 0.375 e. The fourth-order valence-corrected chi connectivity index (χ4v) is 3.07. The fraction of sp³-hybridized carbons (Fsp3) is 0.714. The van der Waals surface area contributed by atoms with Crippen molar-refractivity contribution < 1.29 is 14.1 Å². The van der Waals surface area contributed by atoms with Crippen molar-refractivity contribution in [2.45, 2.75) is 90.5 Å². The lowest BCUT2D eigenvalue weighted by molar-refractivity contribution is -0.711. The number of pyridine rings is 1. The van der Waals surface area contributed by atoms with E-state index in [0.717, 1.165) is 12.8 Å². The third-order valence-electron chi connectivity index (χ3n) is 4.49. The molecular weight excluding hydrogens is 298 g/mol. The van der Waals surface area contributed by atoms with Crippen LogP contribution in [0.4, 0.5) is 0 Å². The maximum atomic E-state index is 12.2. The van der Waals surface area contributed by atoms with Crippen LogP contribution in [0.1, 0.15) is 90.5 Å². The van der Waals surface area contributed by atoms with Gasteiger partial charge in [0, 0.05) is 18.6 Å². The molecule has 0 aliphatic heterocycles. The minimum Gasteiger partial charge on any atom is -0.461 e. The number of rotatable bonds is 14. The number of carbonyl (C=O) groups is 1. The zero-order valence-electron chi connectivity index (χ0n) is 15.7. The molecular formula is C21H36NO2+. The molecule has 1 heterocycles. The van der Waals surface area contributed by atoms with Gasteiger partial charge in [0.25, 0.3) is 6.04 Å². The Morgan fingerprint density at radius 1 is 0.833 bits per heavy atom. The summed E-state index contributed by atoms with van der Waals surface area (Å²) in [5, 5.41) is 0. The van der Waals surface area contributed by atoms with Crippen LogP contribution in [0.25, 0.3) is 0 Å². The molecule has 3 nitrogen and oxygen atoms in total. The number of esters is 1. The Bertz CT molecular complexity index is 419. The van der Waals surface area contributed by atoms with Crippen LogP contribution in [0.15, 0.2) is 30.6 Å². The number of hydrogen-bond donors (Lipinski definition) is 0. The van der Waals surface area contributed by atoms with E-state index in [1.165, 1.54) is 57.8 Å². The molecule has 136 valence electrons. The number of nitrogens with zero attached hydrogens (tertiary/aromatic N) is 1. The first kappa shape index (κ1) is 20.7. The quantitative estimate of drug-likeness (QED) is 0.259. The molecule has 1 aromatic rings. The van der Waals surface area contributed by atoms with E-state index in [4.69, 9.17) is 4.74 Å². The van der Waals surface area contributed by atoms with Gasteiger partial charge in [-0.1, -0.05) is 70.8 Å². The van der Waals surface area contributed by atoms with E-state index >= 15 is 0 Å².